The van der Waals surface area contributed by atoms with E-state index in [1.54, 1.807) is 12.1 Å². The van der Waals surface area contributed by atoms with Gasteiger partial charge in [0, 0.05) is 25.1 Å². The van der Waals surface area contributed by atoms with Crippen LogP contribution < -0.4 is 5.32 Å². The third-order valence-electron chi connectivity index (χ3n) is 7.32. The van der Waals surface area contributed by atoms with Gasteiger partial charge < -0.3 is 4.90 Å². The summed E-state index contributed by atoms with van der Waals surface area (Å²) in [6, 6.07) is 10.9. The van der Waals surface area contributed by atoms with Crippen LogP contribution in [0.2, 0.25) is 0 Å². The van der Waals surface area contributed by atoms with Crippen LogP contribution in [0.3, 0.4) is 0 Å². The van der Waals surface area contributed by atoms with Gasteiger partial charge in [0.15, 0.2) is 0 Å². The van der Waals surface area contributed by atoms with Gasteiger partial charge in [-0.1, -0.05) is 30.3 Å². The Morgan fingerprint density at radius 3 is 2.43 bits per heavy atom. The van der Waals surface area contributed by atoms with Crippen molar-refractivity contribution < 1.29 is 27.6 Å². The molecule has 0 aromatic heterocycles. The van der Waals surface area contributed by atoms with Gasteiger partial charge in [-0.3, -0.25) is 24.6 Å². The van der Waals surface area contributed by atoms with Gasteiger partial charge in [0.05, 0.1) is 5.56 Å². The van der Waals surface area contributed by atoms with Crippen LogP contribution in [0.4, 0.5) is 13.2 Å². The molecule has 5 rings (SSSR count). The summed E-state index contributed by atoms with van der Waals surface area (Å²) in [5.74, 6) is -0.679. The van der Waals surface area contributed by atoms with Crippen LogP contribution in [0.5, 0.6) is 0 Å². The first-order valence-corrected chi connectivity index (χ1v) is 11.9. The molecular weight excluding hydrogens is 459 g/mol. The maximum atomic E-state index is 13.3. The Bertz CT molecular complexity index is 1170. The lowest BCUT2D eigenvalue weighted by atomic mass is 9.87. The van der Waals surface area contributed by atoms with Gasteiger partial charge in [0.2, 0.25) is 11.8 Å². The number of nitrogens with zero attached hydrogens (tertiary/aromatic N) is 2. The summed E-state index contributed by atoms with van der Waals surface area (Å²) in [5, 5.41) is 2.31. The van der Waals surface area contributed by atoms with Gasteiger partial charge in [-0.15, -0.1) is 0 Å². The number of nitrogens with one attached hydrogen (secondary N) is 1. The Labute approximate surface area is 201 Å². The van der Waals surface area contributed by atoms with E-state index in [0.717, 1.165) is 30.0 Å². The van der Waals surface area contributed by atoms with Crippen LogP contribution in [-0.4, -0.2) is 46.7 Å². The Morgan fingerprint density at radius 1 is 0.971 bits per heavy atom. The summed E-state index contributed by atoms with van der Waals surface area (Å²) in [6.07, 6.45) is -2.19. The third-order valence-corrected chi connectivity index (χ3v) is 7.32. The largest absolute Gasteiger partial charge is 0.416 e. The highest BCUT2D eigenvalue weighted by Gasteiger charge is 2.39. The van der Waals surface area contributed by atoms with Crippen LogP contribution in [0, 0.1) is 0 Å². The molecular formula is C26H26F3N3O3. The molecule has 0 aliphatic carbocycles. The van der Waals surface area contributed by atoms with E-state index in [0.29, 0.717) is 37.2 Å². The van der Waals surface area contributed by atoms with Crippen molar-refractivity contribution in [2.75, 3.05) is 13.1 Å². The number of fused-ring (bicyclic) bond motifs is 1. The predicted octanol–water partition coefficient (Wildman–Crippen LogP) is 3.85. The molecule has 3 aliphatic rings. The molecule has 2 saturated heterocycles. The van der Waals surface area contributed by atoms with Crippen LogP contribution in [-0.2, 0) is 28.9 Å². The minimum Gasteiger partial charge on any atom is -0.322 e. The fraction of sp³-hybridized carbons (Fsp3) is 0.423. The van der Waals surface area contributed by atoms with Crippen LogP contribution >= 0.6 is 0 Å². The average Bonchev–Trinajstić information content (AvgIpc) is 3.15. The molecule has 3 aliphatic heterocycles. The van der Waals surface area contributed by atoms with Gasteiger partial charge in [-0.05, 0) is 67.1 Å². The van der Waals surface area contributed by atoms with Crippen molar-refractivity contribution in [1.29, 1.82) is 0 Å². The van der Waals surface area contributed by atoms with E-state index < -0.39 is 23.7 Å². The van der Waals surface area contributed by atoms with Crippen molar-refractivity contribution in [2.45, 2.75) is 56.9 Å². The number of rotatable bonds is 4. The standard InChI is InChI=1S/C26H26F3N3O3/c27-26(28,29)21-4-2-1-3-18(21)14-31-11-9-16(10-12-31)17-5-6-20-19(13-17)15-32(25(20)35)22-7-8-23(33)30-24(22)34/h1-6,13,16,22H,7-12,14-15H2,(H,30,33,34). The summed E-state index contributed by atoms with van der Waals surface area (Å²) < 4.78 is 40.0. The van der Waals surface area contributed by atoms with Crippen LogP contribution in [0.25, 0.3) is 0 Å². The maximum absolute atomic E-state index is 13.3. The molecule has 1 unspecified atom stereocenters. The van der Waals surface area contributed by atoms with Gasteiger partial charge in [-0.25, -0.2) is 0 Å². The highest BCUT2D eigenvalue weighted by atomic mass is 19.4. The Kier molecular flexibility index (Phi) is 6.13. The van der Waals surface area contributed by atoms with Gasteiger partial charge in [0.1, 0.15) is 6.04 Å². The second-order valence-corrected chi connectivity index (χ2v) is 9.52. The number of carbonyl (C=O) groups excluding carboxylic acids is 3. The smallest absolute Gasteiger partial charge is 0.322 e. The lowest BCUT2D eigenvalue weighted by Crippen LogP contribution is -2.52. The van der Waals surface area contributed by atoms with E-state index in [-0.39, 0.29) is 30.7 Å². The molecule has 184 valence electrons. The molecule has 3 amide bonds. The monoisotopic (exact) mass is 485 g/mol. The van der Waals surface area contributed by atoms with Crippen molar-refractivity contribution >= 4 is 17.7 Å². The number of piperidine rings is 2. The van der Waals surface area contributed by atoms with Gasteiger partial charge >= 0.3 is 6.18 Å². The first kappa shape index (κ1) is 23.5. The Balaban J connectivity index is 1.23. The lowest BCUT2D eigenvalue weighted by molar-refractivity contribution is -0.139. The van der Waals surface area contributed by atoms with Crippen LogP contribution in [0.1, 0.15) is 64.2 Å². The molecule has 1 N–H and O–H groups in total. The molecule has 2 fully saturated rings. The fourth-order valence-corrected chi connectivity index (χ4v) is 5.45. The van der Waals surface area contributed by atoms with Gasteiger partial charge in [0.25, 0.3) is 5.91 Å². The molecule has 0 spiro atoms. The molecule has 6 nitrogen and oxygen atoms in total. The zero-order valence-electron chi connectivity index (χ0n) is 19.1. The molecule has 2 aromatic carbocycles. The number of likely N-dealkylation sites (tertiary alicyclic amines) is 1. The number of imide groups is 1. The first-order valence-electron chi connectivity index (χ1n) is 11.9. The highest BCUT2D eigenvalue weighted by Crippen LogP contribution is 2.36. The van der Waals surface area contributed by atoms with Crippen molar-refractivity contribution in [2.24, 2.45) is 0 Å². The van der Waals surface area contributed by atoms with Crippen molar-refractivity contribution in [3.05, 3.63) is 70.3 Å². The summed E-state index contributed by atoms with van der Waals surface area (Å²) in [6.45, 7) is 1.98. The molecule has 2 aromatic rings. The number of benzene rings is 2. The number of alkyl halides is 3. The number of amides is 3. The van der Waals surface area contributed by atoms with Crippen molar-refractivity contribution in [3.8, 4) is 0 Å². The quantitative estimate of drug-likeness (QED) is 0.669. The lowest BCUT2D eigenvalue weighted by Gasteiger charge is -2.33. The number of hydrogen-bond donors (Lipinski definition) is 1. The minimum atomic E-state index is -4.36. The maximum Gasteiger partial charge on any atom is 0.416 e. The van der Waals surface area contributed by atoms with E-state index in [9.17, 15) is 27.6 Å². The molecule has 0 saturated carbocycles. The highest BCUT2D eigenvalue weighted by molar-refractivity contribution is 6.05. The SMILES string of the molecule is O=C1CCC(N2Cc3cc(C4CCN(Cc5ccccc5C(F)(F)F)CC4)ccc3C2=O)C(=O)N1. The van der Waals surface area contributed by atoms with E-state index in [1.165, 1.54) is 11.0 Å². The zero-order valence-corrected chi connectivity index (χ0v) is 19.1. The number of halogens is 3. The minimum absolute atomic E-state index is 0.195. The zero-order chi connectivity index (χ0) is 24.7. The Morgan fingerprint density at radius 2 is 1.71 bits per heavy atom. The predicted molar refractivity (Wildman–Crippen MR) is 121 cm³/mol. The molecule has 3 heterocycles. The summed E-state index contributed by atoms with van der Waals surface area (Å²) in [7, 11) is 0. The first-order chi connectivity index (χ1) is 16.7. The fourth-order valence-electron chi connectivity index (χ4n) is 5.45. The topological polar surface area (TPSA) is 69.7 Å². The average molecular weight is 486 g/mol. The molecule has 35 heavy (non-hydrogen) atoms. The van der Waals surface area contributed by atoms with Crippen LogP contribution in [0.15, 0.2) is 42.5 Å². The summed E-state index contributed by atoms with van der Waals surface area (Å²) in [4.78, 5) is 40.2. The molecule has 1 atom stereocenters. The van der Waals surface area contributed by atoms with Crippen molar-refractivity contribution in [3.63, 3.8) is 0 Å². The van der Waals surface area contributed by atoms with E-state index >= 15 is 0 Å². The van der Waals surface area contributed by atoms with Crippen molar-refractivity contribution in [1.82, 2.24) is 15.1 Å². The van der Waals surface area contributed by atoms with Gasteiger partial charge in [-0.2, -0.15) is 13.2 Å². The van der Waals surface area contributed by atoms with E-state index in [4.69, 9.17) is 0 Å². The van der Waals surface area contributed by atoms with E-state index in [1.807, 2.05) is 18.2 Å². The normalized spacial score (nSPS) is 21.9. The third kappa shape index (κ3) is 4.69. The number of carbonyl (C=O) groups is 3. The molecule has 0 bridgehead atoms. The number of hydrogen-bond acceptors (Lipinski definition) is 4. The second-order valence-electron chi connectivity index (χ2n) is 9.52. The summed E-state index contributed by atoms with van der Waals surface area (Å²) in [5.41, 5.74) is 2.28. The Hall–Kier alpha value is -3.20. The second kappa shape index (κ2) is 9.11. The molecule has 9 heteroatoms. The van der Waals surface area contributed by atoms with E-state index in [2.05, 4.69) is 10.2 Å². The summed E-state index contributed by atoms with van der Waals surface area (Å²) >= 11 is 0. The molecule has 0 radical (unpaired) electrons.